The number of alkyl halides is 3. The van der Waals surface area contributed by atoms with E-state index in [1.54, 1.807) is 4.57 Å². The van der Waals surface area contributed by atoms with Crippen molar-refractivity contribution < 1.29 is 22.7 Å². The molecule has 1 aromatic heterocycles. The summed E-state index contributed by atoms with van der Waals surface area (Å²) >= 11 is 0. The molecule has 0 unspecified atom stereocenters. The first-order valence-electron chi connectivity index (χ1n) is 11.8. The third-order valence-corrected chi connectivity index (χ3v) is 6.56. The molecular weight excluding hydrogens is 456 g/mol. The van der Waals surface area contributed by atoms with Gasteiger partial charge in [-0.25, -0.2) is 4.39 Å². The summed E-state index contributed by atoms with van der Waals surface area (Å²) in [5.41, 5.74) is 1.14. The highest BCUT2D eigenvalue weighted by Gasteiger charge is 2.35. The van der Waals surface area contributed by atoms with Crippen molar-refractivity contribution in [2.75, 3.05) is 13.1 Å². The van der Waals surface area contributed by atoms with Gasteiger partial charge in [0.15, 0.2) is 5.82 Å². The van der Waals surface area contributed by atoms with Gasteiger partial charge in [0.1, 0.15) is 5.75 Å². The van der Waals surface area contributed by atoms with Gasteiger partial charge < -0.3 is 15.0 Å². The van der Waals surface area contributed by atoms with E-state index in [0.29, 0.717) is 5.52 Å². The highest BCUT2D eigenvalue weighted by molar-refractivity contribution is 5.90. The molecule has 1 fully saturated rings. The molecule has 0 radical (unpaired) electrons. The van der Waals surface area contributed by atoms with Crippen molar-refractivity contribution in [2.45, 2.75) is 32.0 Å². The fraction of sp³-hybridized carbons (Fsp3) is 0.286. The van der Waals surface area contributed by atoms with Crippen LogP contribution < -0.4 is 5.32 Å². The zero-order valence-electron chi connectivity index (χ0n) is 19.1. The van der Waals surface area contributed by atoms with Crippen molar-refractivity contribution >= 4 is 10.9 Å². The van der Waals surface area contributed by atoms with Gasteiger partial charge in [0.25, 0.3) is 0 Å². The predicted octanol–water partition coefficient (Wildman–Crippen LogP) is 6.76. The number of hydrogen-bond acceptors (Lipinski definition) is 2. The second kappa shape index (κ2) is 9.38. The van der Waals surface area contributed by atoms with Crippen LogP contribution >= 0.6 is 0 Å². The highest BCUT2D eigenvalue weighted by atomic mass is 19.4. The number of hydrogen-bond donors (Lipinski definition) is 2. The number of aromatic hydroxyl groups is 1. The Labute approximate surface area is 201 Å². The van der Waals surface area contributed by atoms with E-state index < -0.39 is 17.6 Å². The van der Waals surface area contributed by atoms with Gasteiger partial charge >= 0.3 is 6.18 Å². The summed E-state index contributed by atoms with van der Waals surface area (Å²) < 4.78 is 58.5. The van der Waals surface area contributed by atoms with Gasteiger partial charge in [-0.2, -0.15) is 13.2 Å². The summed E-state index contributed by atoms with van der Waals surface area (Å²) in [7, 11) is 0. The molecule has 0 bridgehead atoms. The number of phenols is 1. The first kappa shape index (κ1) is 23.4. The van der Waals surface area contributed by atoms with Gasteiger partial charge in [0, 0.05) is 17.5 Å². The van der Waals surface area contributed by atoms with Gasteiger partial charge in [-0.1, -0.05) is 42.5 Å². The Morgan fingerprint density at radius 3 is 2.37 bits per heavy atom. The van der Waals surface area contributed by atoms with Gasteiger partial charge in [0.2, 0.25) is 0 Å². The zero-order valence-corrected chi connectivity index (χ0v) is 19.1. The average Bonchev–Trinajstić information content (AvgIpc) is 3.62. The van der Waals surface area contributed by atoms with Crippen LogP contribution in [0, 0.1) is 11.7 Å². The molecule has 1 heterocycles. The third kappa shape index (κ3) is 5.05. The molecule has 1 saturated carbocycles. The van der Waals surface area contributed by atoms with Gasteiger partial charge in [-0.3, -0.25) is 0 Å². The normalized spacial score (nSPS) is 14.1. The van der Waals surface area contributed by atoms with Gasteiger partial charge in [0.05, 0.1) is 16.8 Å². The number of rotatable bonds is 8. The monoisotopic (exact) mass is 482 g/mol. The molecule has 0 saturated heterocycles. The molecule has 2 N–H and O–H groups in total. The fourth-order valence-corrected chi connectivity index (χ4v) is 4.52. The highest BCUT2D eigenvalue weighted by Crippen LogP contribution is 2.41. The summed E-state index contributed by atoms with van der Waals surface area (Å²) in [6, 6.07) is 17.1. The lowest BCUT2D eigenvalue weighted by Crippen LogP contribution is -2.19. The summed E-state index contributed by atoms with van der Waals surface area (Å²) in [6.07, 6.45) is -1.13. The molecule has 3 nitrogen and oxygen atoms in total. The summed E-state index contributed by atoms with van der Waals surface area (Å²) in [6.45, 7) is 2.14. The van der Waals surface area contributed by atoms with Crippen molar-refractivity contribution in [3.05, 3.63) is 89.2 Å². The predicted molar refractivity (Wildman–Crippen MR) is 129 cm³/mol. The Balaban J connectivity index is 1.49. The number of benzene rings is 3. The van der Waals surface area contributed by atoms with Crippen LogP contribution in [0.1, 0.15) is 29.5 Å². The second-order valence-electron chi connectivity index (χ2n) is 9.21. The van der Waals surface area contributed by atoms with E-state index in [2.05, 4.69) is 5.32 Å². The van der Waals surface area contributed by atoms with Crippen LogP contribution in [-0.4, -0.2) is 22.8 Å². The lowest BCUT2D eigenvalue weighted by atomic mass is 10.0. The number of nitrogens with one attached hydrogen (secondary N) is 1. The van der Waals surface area contributed by atoms with E-state index in [1.807, 2.05) is 24.3 Å². The first-order valence-corrected chi connectivity index (χ1v) is 11.8. The number of halogens is 4. The molecule has 1 aliphatic carbocycles. The van der Waals surface area contributed by atoms with E-state index in [9.17, 15) is 18.3 Å². The average molecular weight is 483 g/mol. The van der Waals surface area contributed by atoms with E-state index in [4.69, 9.17) is 0 Å². The molecular formula is C28H26F4N2O. The Morgan fingerprint density at radius 2 is 1.66 bits per heavy atom. The lowest BCUT2D eigenvalue weighted by molar-refractivity contribution is -0.137. The lowest BCUT2D eigenvalue weighted by Gasteiger charge is -2.16. The molecule has 0 spiro atoms. The summed E-state index contributed by atoms with van der Waals surface area (Å²) in [5.74, 6) is -0.109. The Morgan fingerprint density at radius 1 is 0.943 bits per heavy atom. The van der Waals surface area contributed by atoms with Crippen LogP contribution in [0.3, 0.4) is 0 Å². The van der Waals surface area contributed by atoms with Crippen LogP contribution in [0.25, 0.3) is 22.2 Å². The Kier molecular flexibility index (Phi) is 6.28. The van der Waals surface area contributed by atoms with Crippen molar-refractivity contribution in [3.63, 3.8) is 0 Å². The standard InChI is InChI=1S/C28H26F4N2O/c29-26-23-15-21(35)11-12-25(23)34(27(26)22-3-1-2-4-24(22)28(30,31)32)17-20-9-5-18(6-10-20)13-14-33-16-19-7-8-19/h1-6,9-12,15,19,33,35H,7-8,13-14,16-17H2. The van der Waals surface area contributed by atoms with Crippen molar-refractivity contribution in [1.82, 2.24) is 9.88 Å². The molecule has 35 heavy (non-hydrogen) atoms. The van der Waals surface area contributed by atoms with Gasteiger partial charge in [-0.15, -0.1) is 0 Å². The van der Waals surface area contributed by atoms with Crippen LogP contribution in [0.15, 0.2) is 66.7 Å². The molecule has 3 aromatic carbocycles. The number of nitrogens with zero attached hydrogens (tertiary/aromatic N) is 1. The number of phenolic OH excluding ortho intramolecular Hbond substituents is 1. The SMILES string of the molecule is Oc1ccc2c(c1)c(F)c(-c1ccccc1C(F)(F)F)n2Cc1ccc(CCNCC2CC2)cc1. The van der Waals surface area contributed by atoms with E-state index >= 15 is 4.39 Å². The topological polar surface area (TPSA) is 37.2 Å². The van der Waals surface area contributed by atoms with Crippen molar-refractivity contribution in [2.24, 2.45) is 5.92 Å². The molecule has 5 rings (SSSR count). The zero-order chi connectivity index (χ0) is 24.6. The number of fused-ring (bicyclic) bond motifs is 1. The van der Waals surface area contributed by atoms with Crippen molar-refractivity contribution in [1.29, 1.82) is 0 Å². The maximum atomic E-state index is 15.6. The molecule has 7 heteroatoms. The van der Waals surface area contributed by atoms with E-state index in [0.717, 1.165) is 42.6 Å². The first-order chi connectivity index (χ1) is 16.8. The summed E-state index contributed by atoms with van der Waals surface area (Å²) in [4.78, 5) is 0. The van der Waals surface area contributed by atoms with Crippen LogP contribution in [0.4, 0.5) is 17.6 Å². The minimum atomic E-state index is -4.64. The molecule has 1 aliphatic rings. The molecule has 182 valence electrons. The fourth-order valence-electron chi connectivity index (χ4n) is 4.52. The quantitative estimate of drug-likeness (QED) is 0.215. The summed E-state index contributed by atoms with van der Waals surface area (Å²) in [5, 5.41) is 13.4. The minimum absolute atomic E-state index is 0.0790. The maximum absolute atomic E-state index is 15.6. The maximum Gasteiger partial charge on any atom is 0.417 e. The molecule has 0 aliphatic heterocycles. The van der Waals surface area contributed by atoms with Crippen LogP contribution in [0.2, 0.25) is 0 Å². The molecule has 0 atom stereocenters. The molecule has 0 amide bonds. The van der Waals surface area contributed by atoms with E-state index in [1.165, 1.54) is 49.2 Å². The minimum Gasteiger partial charge on any atom is -0.508 e. The third-order valence-electron chi connectivity index (χ3n) is 6.56. The van der Waals surface area contributed by atoms with Crippen LogP contribution in [0.5, 0.6) is 5.75 Å². The molecule has 4 aromatic rings. The van der Waals surface area contributed by atoms with Crippen molar-refractivity contribution in [3.8, 4) is 17.0 Å². The van der Waals surface area contributed by atoms with E-state index in [-0.39, 0.29) is 28.9 Å². The Hall–Kier alpha value is -3.32. The number of aromatic nitrogens is 1. The largest absolute Gasteiger partial charge is 0.508 e. The smallest absolute Gasteiger partial charge is 0.417 e. The second-order valence-corrected chi connectivity index (χ2v) is 9.21. The van der Waals surface area contributed by atoms with Crippen LogP contribution in [-0.2, 0) is 19.1 Å². The Bertz CT molecular complexity index is 1340. The van der Waals surface area contributed by atoms with Gasteiger partial charge in [-0.05, 0) is 73.7 Å².